The van der Waals surface area contributed by atoms with Crippen molar-refractivity contribution in [2.75, 3.05) is 0 Å². The van der Waals surface area contributed by atoms with Crippen LogP contribution in [0.2, 0.25) is 0 Å². The average molecular weight is 453 g/mol. The Hall–Kier alpha value is -2.21. The Morgan fingerprint density at radius 2 is 1.69 bits per heavy atom. The number of nitrogens with one attached hydrogen (secondary N) is 2. The van der Waals surface area contributed by atoms with Crippen LogP contribution in [-0.4, -0.2) is 21.4 Å². The molecule has 172 valence electrons. The molecule has 0 aromatic carbocycles. The van der Waals surface area contributed by atoms with E-state index in [9.17, 15) is 4.79 Å². The normalized spacial score (nSPS) is 17.5. The third kappa shape index (κ3) is 4.90. The van der Waals surface area contributed by atoms with Gasteiger partial charge in [-0.3, -0.25) is 9.78 Å². The Labute approximate surface area is 196 Å². The lowest BCUT2D eigenvalue weighted by atomic mass is 9.83. The highest BCUT2D eigenvalue weighted by Crippen LogP contribution is 2.42. The van der Waals surface area contributed by atoms with E-state index in [1.807, 2.05) is 5.38 Å². The van der Waals surface area contributed by atoms with Crippen molar-refractivity contribution in [3.63, 3.8) is 0 Å². The van der Waals surface area contributed by atoms with E-state index < -0.39 is 5.54 Å². The van der Waals surface area contributed by atoms with Gasteiger partial charge in [0.2, 0.25) is 5.91 Å². The fraction of sp³-hybridized carbons (Fsp3) is 0.577. The fourth-order valence-electron chi connectivity index (χ4n) is 3.85. The first-order chi connectivity index (χ1) is 15.0. The maximum Gasteiger partial charge on any atom is 0.246 e. The summed E-state index contributed by atoms with van der Waals surface area (Å²) in [6.07, 6.45) is 6.90. The number of aromatic nitrogens is 2. The Morgan fingerprint density at radius 3 is 2.12 bits per heavy atom. The highest BCUT2D eigenvalue weighted by Gasteiger charge is 2.50. The first-order valence-electron chi connectivity index (χ1n) is 11.7. The van der Waals surface area contributed by atoms with Crippen LogP contribution in [0.25, 0.3) is 5.70 Å². The van der Waals surface area contributed by atoms with Crippen molar-refractivity contribution < 1.29 is 4.79 Å². The van der Waals surface area contributed by atoms with Gasteiger partial charge in [-0.2, -0.15) is 0 Å². The first kappa shape index (κ1) is 23.0. The fourth-order valence-corrected chi connectivity index (χ4v) is 4.41. The zero-order valence-corrected chi connectivity index (χ0v) is 21.1. The molecule has 2 aromatic rings. The van der Waals surface area contributed by atoms with Crippen molar-refractivity contribution in [2.45, 2.75) is 96.6 Å². The number of rotatable bonds is 6. The summed E-state index contributed by atoms with van der Waals surface area (Å²) in [5, 5.41) is 9.71. The van der Waals surface area contributed by atoms with Gasteiger partial charge in [-0.1, -0.05) is 41.5 Å². The summed E-state index contributed by atoms with van der Waals surface area (Å²) < 4.78 is 0. The number of carbonyl (C=O) groups is 1. The topological polar surface area (TPSA) is 66.9 Å². The molecule has 0 spiro atoms. The first-order valence-corrected chi connectivity index (χ1v) is 12.6. The summed E-state index contributed by atoms with van der Waals surface area (Å²) in [5.41, 5.74) is 5.33. The highest BCUT2D eigenvalue weighted by molar-refractivity contribution is 7.09. The van der Waals surface area contributed by atoms with Gasteiger partial charge in [0.25, 0.3) is 0 Å². The third-order valence-corrected chi connectivity index (χ3v) is 7.17. The van der Waals surface area contributed by atoms with E-state index in [4.69, 9.17) is 4.98 Å². The molecule has 0 saturated heterocycles. The number of allylic oxidation sites excluding steroid dienone is 1. The number of pyridine rings is 1. The van der Waals surface area contributed by atoms with E-state index >= 15 is 0 Å². The van der Waals surface area contributed by atoms with Gasteiger partial charge in [0.1, 0.15) is 10.5 Å². The second-order valence-corrected chi connectivity index (χ2v) is 12.3. The summed E-state index contributed by atoms with van der Waals surface area (Å²) in [7, 11) is 0. The van der Waals surface area contributed by atoms with Gasteiger partial charge in [-0.05, 0) is 49.8 Å². The lowest BCUT2D eigenvalue weighted by Gasteiger charge is -2.30. The monoisotopic (exact) mass is 452 g/mol. The molecule has 6 heteroatoms. The van der Waals surface area contributed by atoms with E-state index in [0.717, 1.165) is 47.8 Å². The Kier molecular flexibility index (Phi) is 5.95. The predicted octanol–water partition coefficient (Wildman–Crippen LogP) is 5.47. The van der Waals surface area contributed by atoms with Crippen LogP contribution in [0.3, 0.4) is 0 Å². The van der Waals surface area contributed by atoms with Crippen LogP contribution in [-0.2, 0) is 22.2 Å². The van der Waals surface area contributed by atoms with Crippen LogP contribution in [0.5, 0.6) is 0 Å². The van der Waals surface area contributed by atoms with Gasteiger partial charge in [0, 0.05) is 45.1 Å². The SMILES string of the molecule is CC(C)(C)c1cc(C(NC2(C(=O)NCc3nccs3)CC2)=C2CCC2)cc(C(C)(C)C)n1. The Bertz CT molecular complexity index is 983. The van der Waals surface area contributed by atoms with Crippen molar-refractivity contribution >= 4 is 22.9 Å². The van der Waals surface area contributed by atoms with Gasteiger partial charge >= 0.3 is 0 Å². The van der Waals surface area contributed by atoms with Gasteiger partial charge in [-0.25, -0.2) is 4.98 Å². The van der Waals surface area contributed by atoms with Gasteiger partial charge in [-0.15, -0.1) is 11.3 Å². The number of nitrogens with zero attached hydrogens (tertiary/aromatic N) is 2. The molecule has 0 atom stereocenters. The molecule has 2 aromatic heterocycles. The lowest BCUT2D eigenvalue weighted by Crippen LogP contribution is -2.46. The summed E-state index contributed by atoms with van der Waals surface area (Å²) >= 11 is 1.57. The number of hydrogen-bond acceptors (Lipinski definition) is 5. The lowest BCUT2D eigenvalue weighted by molar-refractivity contribution is -0.124. The molecule has 4 rings (SSSR count). The molecule has 0 unspecified atom stereocenters. The van der Waals surface area contributed by atoms with Crippen LogP contribution in [0, 0.1) is 0 Å². The van der Waals surface area contributed by atoms with E-state index in [-0.39, 0.29) is 16.7 Å². The molecule has 0 bridgehead atoms. The standard InChI is InChI=1S/C26H36N4OS/c1-24(2,3)19-14-18(15-20(29-19)25(4,5)6)22(17-8-7-9-17)30-26(10-11-26)23(31)28-16-21-27-12-13-32-21/h12-15,30H,7-11,16H2,1-6H3,(H,28,31). The van der Waals surface area contributed by atoms with Crippen LogP contribution >= 0.6 is 11.3 Å². The molecule has 0 radical (unpaired) electrons. The molecular weight excluding hydrogens is 416 g/mol. The van der Waals surface area contributed by atoms with E-state index in [0.29, 0.717) is 6.54 Å². The van der Waals surface area contributed by atoms with Crippen LogP contribution in [0.15, 0.2) is 29.3 Å². The zero-order chi connectivity index (χ0) is 23.1. The minimum atomic E-state index is -0.512. The third-order valence-electron chi connectivity index (χ3n) is 6.39. The molecule has 2 N–H and O–H groups in total. The Morgan fingerprint density at radius 1 is 1.06 bits per heavy atom. The maximum atomic E-state index is 13.1. The molecule has 2 aliphatic rings. The zero-order valence-electron chi connectivity index (χ0n) is 20.3. The summed E-state index contributed by atoms with van der Waals surface area (Å²) in [6, 6.07) is 4.46. The van der Waals surface area contributed by atoms with Crippen molar-refractivity contribution in [1.82, 2.24) is 20.6 Å². The second kappa shape index (κ2) is 8.29. The van der Waals surface area contributed by atoms with E-state index in [1.165, 1.54) is 17.6 Å². The molecule has 2 aliphatic carbocycles. The van der Waals surface area contributed by atoms with Crippen LogP contribution in [0.4, 0.5) is 0 Å². The van der Waals surface area contributed by atoms with Crippen molar-refractivity contribution in [3.8, 4) is 0 Å². The molecule has 32 heavy (non-hydrogen) atoms. The molecule has 2 saturated carbocycles. The summed E-state index contributed by atoms with van der Waals surface area (Å²) in [4.78, 5) is 22.5. The van der Waals surface area contributed by atoms with Gasteiger partial charge in [0.15, 0.2) is 0 Å². The molecule has 5 nitrogen and oxygen atoms in total. The Balaban J connectivity index is 1.65. The maximum absolute atomic E-state index is 13.1. The van der Waals surface area contributed by atoms with Crippen LogP contribution < -0.4 is 10.6 Å². The minimum absolute atomic E-state index is 0.0479. The second-order valence-electron chi connectivity index (χ2n) is 11.3. The summed E-state index contributed by atoms with van der Waals surface area (Å²) in [5.74, 6) is 0.0752. The molecule has 2 heterocycles. The minimum Gasteiger partial charge on any atom is -0.371 e. The number of hydrogen-bond donors (Lipinski definition) is 2. The van der Waals surface area contributed by atoms with E-state index in [1.54, 1.807) is 17.5 Å². The van der Waals surface area contributed by atoms with Crippen molar-refractivity contribution in [3.05, 3.63) is 51.2 Å². The van der Waals surface area contributed by atoms with Crippen molar-refractivity contribution in [2.24, 2.45) is 0 Å². The molecule has 2 fully saturated rings. The summed E-state index contributed by atoms with van der Waals surface area (Å²) in [6.45, 7) is 13.8. The highest BCUT2D eigenvalue weighted by atomic mass is 32.1. The molecule has 0 aliphatic heterocycles. The van der Waals surface area contributed by atoms with Gasteiger partial charge in [0.05, 0.1) is 6.54 Å². The number of carbonyl (C=O) groups excluding carboxylic acids is 1. The quantitative estimate of drug-likeness (QED) is 0.610. The van der Waals surface area contributed by atoms with Crippen molar-refractivity contribution in [1.29, 1.82) is 0 Å². The predicted molar refractivity (Wildman–Crippen MR) is 131 cm³/mol. The number of thiazole rings is 1. The molecule has 1 amide bonds. The smallest absolute Gasteiger partial charge is 0.246 e. The average Bonchev–Trinajstić information content (AvgIpc) is 3.27. The molecular formula is C26H36N4OS. The largest absolute Gasteiger partial charge is 0.371 e. The van der Waals surface area contributed by atoms with Crippen LogP contribution in [0.1, 0.15) is 95.6 Å². The van der Waals surface area contributed by atoms with Gasteiger partial charge < -0.3 is 10.6 Å². The van der Waals surface area contributed by atoms with E-state index in [2.05, 4.69) is 69.3 Å². The number of amides is 1.